The fourth-order valence-electron chi connectivity index (χ4n) is 6.77. The first kappa shape index (κ1) is 33.8. The number of fused-ring (bicyclic) bond motifs is 1. The van der Waals surface area contributed by atoms with Gasteiger partial charge < -0.3 is 30.9 Å². The molecule has 0 aromatic heterocycles. The molecule has 0 spiro atoms. The average molecular weight is 638 g/mol. The highest BCUT2D eigenvalue weighted by molar-refractivity contribution is 5.95. The molecule has 4 N–H and O–H groups in total. The molecule has 3 saturated heterocycles. The summed E-state index contributed by atoms with van der Waals surface area (Å²) in [6.45, 7) is 6.75. The zero-order valence-corrected chi connectivity index (χ0v) is 25.3. The molecule has 0 radical (unpaired) electrons. The van der Waals surface area contributed by atoms with E-state index in [4.69, 9.17) is 0 Å². The van der Waals surface area contributed by atoms with E-state index in [1.807, 2.05) is 13.8 Å². The topological polar surface area (TPSA) is 148 Å². The van der Waals surface area contributed by atoms with E-state index in [-0.39, 0.29) is 24.8 Å². The third-order valence-corrected chi connectivity index (χ3v) is 9.46. The van der Waals surface area contributed by atoms with Crippen LogP contribution in [-0.2, 0) is 24.0 Å². The van der Waals surface area contributed by atoms with Crippen molar-refractivity contribution in [1.82, 2.24) is 25.8 Å². The van der Waals surface area contributed by atoms with E-state index < -0.39 is 95.7 Å². The van der Waals surface area contributed by atoms with Gasteiger partial charge in [-0.05, 0) is 41.9 Å². The van der Waals surface area contributed by atoms with Crippen LogP contribution in [0.2, 0.25) is 0 Å². The minimum Gasteiger partial charge on any atom is -0.381 e. The summed E-state index contributed by atoms with van der Waals surface area (Å²) in [4.78, 5) is 66.8. The molecule has 3 aliphatic heterocycles. The van der Waals surface area contributed by atoms with Gasteiger partial charge in [-0.3, -0.25) is 24.0 Å². The number of carbonyl (C=O) groups is 5. The molecule has 0 aromatic carbocycles. The number of hydrogen-bond donors (Lipinski definition) is 4. The Balaban J connectivity index is 1.59. The van der Waals surface area contributed by atoms with E-state index in [0.29, 0.717) is 19.4 Å². The predicted molar refractivity (Wildman–Crippen MR) is 144 cm³/mol. The van der Waals surface area contributed by atoms with Gasteiger partial charge in [0.15, 0.2) is 6.10 Å². The average Bonchev–Trinajstić information content (AvgIpc) is 3.20. The molecule has 248 valence electrons. The van der Waals surface area contributed by atoms with Gasteiger partial charge in [-0.25, -0.2) is 8.78 Å². The molecule has 11 nitrogen and oxygen atoms in total. The summed E-state index contributed by atoms with van der Waals surface area (Å²) in [5.41, 5.74) is -1.61. The monoisotopic (exact) mass is 637 g/mol. The SMILES string of the molecule is CC(C)(C)[C@H](NC(=O)C(F)(F)F)C(=O)N1C[C@H]2[C@@H]([C@H]1C(=O)N[C@@H](C[C@@H]1CCCNC1=O)[C@@H](O)C(=O)N1CC(F)(F)C1)C2(C)C. The summed E-state index contributed by atoms with van der Waals surface area (Å²) >= 11 is 0. The zero-order valence-electron chi connectivity index (χ0n) is 25.3. The Kier molecular flexibility index (Phi) is 8.76. The quantitative estimate of drug-likeness (QED) is 0.290. The first-order valence-electron chi connectivity index (χ1n) is 14.7. The highest BCUT2D eigenvalue weighted by Crippen LogP contribution is 2.65. The van der Waals surface area contributed by atoms with Crippen LogP contribution in [0.1, 0.15) is 53.9 Å². The summed E-state index contributed by atoms with van der Waals surface area (Å²) in [6, 6.07) is -4.26. The molecular weight excluding hydrogens is 597 g/mol. The summed E-state index contributed by atoms with van der Waals surface area (Å²) in [5.74, 6) is -9.87. The second kappa shape index (κ2) is 11.4. The Labute approximate surface area is 251 Å². The van der Waals surface area contributed by atoms with Crippen LogP contribution in [-0.4, -0.2) is 107 Å². The van der Waals surface area contributed by atoms with Crippen molar-refractivity contribution in [2.24, 2.45) is 28.6 Å². The van der Waals surface area contributed by atoms with Crippen molar-refractivity contribution in [3.8, 4) is 0 Å². The molecular formula is C28H40F5N5O6. The van der Waals surface area contributed by atoms with Crippen molar-refractivity contribution in [3.05, 3.63) is 0 Å². The van der Waals surface area contributed by atoms with Crippen molar-refractivity contribution in [1.29, 1.82) is 0 Å². The van der Waals surface area contributed by atoms with E-state index in [1.165, 1.54) is 20.8 Å². The molecule has 0 unspecified atom stereocenters. The van der Waals surface area contributed by atoms with Crippen LogP contribution in [0.25, 0.3) is 0 Å². The van der Waals surface area contributed by atoms with Crippen molar-refractivity contribution >= 4 is 29.5 Å². The predicted octanol–water partition coefficient (Wildman–Crippen LogP) is 0.802. The van der Waals surface area contributed by atoms with Crippen molar-refractivity contribution in [2.45, 2.75) is 90.2 Å². The number of alkyl halides is 5. The molecule has 44 heavy (non-hydrogen) atoms. The molecule has 0 aromatic rings. The number of piperidine rings is 2. The van der Waals surface area contributed by atoms with Gasteiger partial charge in [0.1, 0.15) is 12.1 Å². The summed E-state index contributed by atoms with van der Waals surface area (Å²) in [6.07, 6.45) is -6.44. The van der Waals surface area contributed by atoms with Crippen LogP contribution >= 0.6 is 0 Å². The van der Waals surface area contributed by atoms with Gasteiger partial charge in [0, 0.05) is 19.0 Å². The van der Waals surface area contributed by atoms with Crippen LogP contribution in [0, 0.1) is 28.6 Å². The maximum Gasteiger partial charge on any atom is 0.471 e. The maximum absolute atomic E-state index is 13.9. The number of nitrogens with one attached hydrogen (secondary N) is 3. The molecule has 1 aliphatic carbocycles. The van der Waals surface area contributed by atoms with Gasteiger partial charge in [0.25, 0.3) is 11.8 Å². The molecule has 4 fully saturated rings. The third-order valence-electron chi connectivity index (χ3n) is 9.46. The first-order valence-corrected chi connectivity index (χ1v) is 14.7. The summed E-state index contributed by atoms with van der Waals surface area (Å²) < 4.78 is 66.3. The summed E-state index contributed by atoms with van der Waals surface area (Å²) in [7, 11) is 0. The van der Waals surface area contributed by atoms with Crippen LogP contribution in [0.4, 0.5) is 22.0 Å². The normalized spacial score (nSPS) is 29.4. The number of amides is 5. The van der Waals surface area contributed by atoms with Crippen molar-refractivity contribution in [2.75, 3.05) is 26.2 Å². The molecule has 4 aliphatic rings. The lowest BCUT2D eigenvalue weighted by Gasteiger charge is -2.41. The van der Waals surface area contributed by atoms with E-state index in [0.717, 1.165) is 9.80 Å². The minimum absolute atomic E-state index is 0.0170. The maximum atomic E-state index is 13.9. The van der Waals surface area contributed by atoms with Gasteiger partial charge in [-0.15, -0.1) is 0 Å². The Hall–Kier alpha value is -3.04. The number of likely N-dealkylation sites (tertiary alicyclic amines) is 2. The number of aliphatic hydroxyl groups excluding tert-OH is 1. The Morgan fingerprint density at radius 2 is 1.68 bits per heavy atom. The number of hydrogen-bond acceptors (Lipinski definition) is 6. The van der Waals surface area contributed by atoms with Gasteiger partial charge in [-0.2, -0.15) is 13.2 Å². The fourth-order valence-corrected chi connectivity index (χ4v) is 6.77. The van der Waals surface area contributed by atoms with E-state index >= 15 is 0 Å². The largest absolute Gasteiger partial charge is 0.471 e. The van der Waals surface area contributed by atoms with Crippen LogP contribution < -0.4 is 16.0 Å². The highest BCUT2D eigenvalue weighted by Gasteiger charge is 2.70. The van der Waals surface area contributed by atoms with E-state index in [2.05, 4.69) is 10.6 Å². The van der Waals surface area contributed by atoms with Gasteiger partial charge >= 0.3 is 12.1 Å². The lowest BCUT2D eigenvalue weighted by Crippen LogP contribution is -2.64. The molecule has 3 heterocycles. The van der Waals surface area contributed by atoms with Crippen molar-refractivity contribution < 1.29 is 51.0 Å². The molecule has 7 atom stereocenters. The minimum atomic E-state index is -5.25. The van der Waals surface area contributed by atoms with Gasteiger partial charge in [-0.1, -0.05) is 34.6 Å². The number of carbonyl (C=O) groups excluding carboxylic acids is 5. The fraction of sp³-hybridized carbons (Fsp3) is 0.821. The lowest BCUT2D eigenvalue weighted by atomic mass is 9.85. The zero-order chi connectivity index (χ0) is 33.2. The smallest absolute Gasteiger partial charge is 0.381 e. The molecule has 0 bridgehead atoms. The number of halogens is 5. The Morgan fingerprint density at radius 3 is 2.20 bits per heavy atom. The van der Waals surface area contributed by atoms with Crippen LogP contribution in [0.5, 0.6) is 0 Å². The number of rotatable bonds is 8. The molecule has 16 heteroatoms. The molecule has 1 saturated carbocycles. The second-order valence-corrected chi connectivity index (χ2v) is 14.1. The van der Waals surface area contributed by atoms with Gasteiger partial charge in [0.2, 0.25) is 17.7 Å². The number of aliphatic hydroxyl groups is 1. The number of nitrogens with zero attached hydrogens (tertiary/aromatic N) is 2. The Morgan fingerprint density at radius 1 is 1.07 bits per heavy atom. The van der Waals surface area contributed by atoms with E-state index in [9.17, 15) is 51.0 Å². The Bertz CT molecular complexity index is 1200. The molecule has 5 amide bonds. The van der Waals surface area contributed by atoms with Gasteiger partial charge in [0.05, 0.1) is 19.1 Å². The second-order valence-electron chi connectivity index (χ2n) is 14.1. The lowest BCUT2D eigenvalue weighted by molar-refractivity contribution is -0.176. The van der Waals surface area contributed by atoms with Crippen LogP contribution in [0.15, 0.2) is 0 Å². The van der Waals surface area contributed by atoms with Crippen LogP contribution in [0.3, 0.4) is 0 Å². The van der Waals surface area contributed by atoms with E-state index in [1.54, 1.807) is 5.32 Å². The first-order chi connectivity index (χ1) is 20.1. The standard InChI is InChI=1S/C28H40F5N5O6/c1-25(2,3)19(36-24(44)28(31,32)33)23(43)38-10-14-16(26(14,4)5)17(38)21(41)35-15(9-13-7-6-8-34-20(13)40)18(39)22(42)37-11-27(29,30)12-37/h13-19,39H,6-12H2,1-5H3,(H,34,40)(H,35,41)(H,36,44)/t13-,14-,15-,16-,17-,18+,19+/m0/s1. The molecule has 4 rings (SSSR count). The highest BCUT2D eigenvalue weighted by atomic mass is 19.4. The van der Waals surface area contributed by atoms with Crippen molar-refractivity contribution in [3.63, 3.8) is 0 Å². The third kappa shape index (κ3) is 6.64. The summed E-state index contributed by atoms with van der Waals surface area (Å²) in [5, 5.41) is 18.0.